The van der Waals surface area contributed by atoms with E-state index in [4.69, 9.17) is 0 Å². The number of rotatable bonds is 4. The zero-order valence-corrected chi connectivity index (χ0v) is 18.2. The number of aliphatic hydroxyl groups is 1. The predicted octanol–water partition coefficient (Wildman–Crippen LogP) is 7.16. The van der Waals surface area contributed by atoms with Crippen molar-refractivity contribution in [2.75, 3.05) is 0 Å². The van der Waals surface area contributed by atoms with Crippen molar-refractivity contribution in [2.45, 2.75) is 5.60 Å². The molecule has 0 radical (unpaired) electrons. The topological polar surface area (TPSA) is 20.2 Å². The highest BCUT2D eigenvalue weighted by Gasteiger charge is 2.36. The highest BCUT2D eigenvalue weighted by Crippen LogP contribution is 2.42. The molecule has 1 N–H and O–H groups in total. The summed E-state index contributed by atoms with van der Waals surface area (Å²) in [6.07, 6.45) is 0. The molecule has 4 aromatic carbocycles. The van der Waals surface area contributed by atoms with E-state index in [1.807, 2.05) is 84.9 Å². The monoisotopic (exact) mass is 492 g/mol. The first-order chi connectivity index (χ1) is 13.6. The summed E-state index contributed by atoms with van der Waals surface area (Å²) in [7, 11) is 0. The Balaban J connectivity index is 2.03. The molecule has 0 atom stereocenters. The second kappa shape index (κ2) is 8.04. The van der Waals surface area contributed by atoms with Gasteiger partial charge in [-0.3, -0.25) is 0 Å². The Morgan fingerprint density at radius 2 is 1.07 bits per heavy atom. The van der Waals surface area contributed by atoms with Gasteiger partial charge in [0.05, 0.1) is 0 Å². The molecule has 4 rings (SSSR count). The van der Waals surface area contributed by atoms with Crippen LogP contribution in [0.25, 0.3) is 11.1 Å². The Hall–Kier alpha value is -2.20. The fraction of sp³-hybridized carbons (Fsp3) is 0.0400. The van der Waals surface area contributed by atoms with E-state index < -0.39 is 5.60 Å². The molecule has 0 aliphatic carbocycles. The summed E-state index contributed by atoms with van der Waals surface area (Å²) in [5.74, 6) is 0. The molecule has 4 aromatic rings. The van der Waals surface area contributed by atoms with E-state index in [2.05, 4.69) is 50.1 Å². The van der Waals surface area contributed by atoms with E-state index in [9.17, 15) is 5.11 Å². The third-order valence-corrected chi connectivity index (χ3v) is 5.93. The van der Waals surface area contributed by atoms with Crippen LogP contribution >= 0.6 is 31.9 Å². The molecule has 0 heterocycles. The summed E-state index contributed by atoms with van der Waals surface area (Å²) in [5.41, 5.74) is 3.26. The Morgan fingerprint density at radius 1 is 0.571 bits per heavy atom. The van der Waals surface area contributed by atoms with Gasteiger partial charge in [0.2, 0.25) is 0 Å². The third-order valence-electron chi connectivity index (χ3n) is 4.91. The number of hydrogen-bond donors (Lipinski definition) is 1. The van der Waals surface area contributed by atoms with Gasteiger partial charge in [-0.05, 0) is 46.5 Å². The van der Waals surface area contributed by atoms with Crippen LogP contribution in [-0.4, -0.2) is 5.11 Å². The SMILES string of the molecule is OC(c1ccccc1)(c1ccccc1)c1cc(Br)ccc1-c1ccc(Br)cc1. The first-order valence-electron chi connectivity index (χ1n) is 8.98. The van der Waals surface area contributed by atoms with Crippen LogP contribution in [-0.2, 0) is 5.60 Å². The van der Waals surface area contributed by atoms with Crippen LogP contribution in [0, 0.1) is 0 Å². The minimum Gasteiger partial charge on any atom is -0.376 e. The van der Waals surface area contributed by atoms with Crippen LogP contribution < -0.4 is 0 Å². The van der Waals surface area contributed by atoms with E-state index in [0.29, 0.717) is 0 Å². The average molecular weight is 494 g/mol. The van der Waals surface area contributed by atoms with E-state index in [1.54, 1.807) is 0 Å². The summed E-state index contributed by atoms with van der Waals surface area (Å²) >= 11 is 7.10. The minimum atomic E-state index is -1.28. The van der Waals surface area contributed by atoms with Gasteiger partial charge in [-0.2, -0.15) is 0 Å². The molecule has 0 unspecified atom stereocenters. The lowest BCUT2D eigenvalue weighted by molar-refractivity contribution is 0.126. The first kappa shape index (κ1) is 19.1. The van der Waals surface area contributed by atoms with Crippen LogP contribution in [0.4, 0.5) is 0 Å². The van der Waals surface area contributed by atoms with Crippen molar-refractivity contribution in [1.82, 2.24) is 0 Å². The van der Waals surface area contributed by atoms with Crippen LogP contribution in [0.3, 0.4) is 0 Å². The predicted molar refractivity (Wildman–Crippen MR) is 122 cm³/mol. The standard InChI is InChI=1S/C25H18Br2O/c26-21-13-11-18(12-14-21)23-16-15-22(27)17-24(23)25(28,19-7-3-1-4-8-19)20-9-5-2-6-10-20/h1-17,28H. The molecule has 0 aromatic heterocycles. The summed E-state index contributed by atoms with van der Waals surface area (Å²) < 4.78 is 1.95. The van der Waals surface area contributed by atoms with Gasteiger partial charge in [0, 0.05) is 14.5 Å². The maximum atomic E-state index is 12.2. The quantitative estimate of drug-likeness (QED) is 0.299. The maximum Gasteiger partial charge on any atom is 0.141 e. The van der Waals surface area contributed by atoms with Gasteiger partial charge < -0.3 is 5.11 Å². The van der Waals surface area contributed by atoms with Crippen LogP contribution in [0.2, 0.25) is 0 Å². The van der Waals surface area contributed by atoms with Gasteiger partial charge in [-0.1, -0.05) is 111 Å². The van der Waals surface area contributed by atoms with Crippen molar-refractivity contribution in [2.24, 2.45) is 0 Å². The Labute approximate surface area is 181 Å². The van der Waals surface area contributed by atoms with E-state index in [-0.39, 0.29) is 0 Å². The zero-order valence-electron chi connectivity index (χ0n) is 15.0. The molecule has 0 aliphatic rings. The lowest BCUT2D eigenvalue weighted by atomic mass is 9.77. The summed E-state index contributed by atoms with van der Waals surface area (Å²) in [6.45, 7) is 0. The third kappa shape index (κ3) is 3.58. The highest BCUT2D eigenvalue weighted by molar-refractivity contribution is 9.10. The van der Waals surface area contributed by atoms with Crippen molar-refractivity contribution < 1.29 is 5.11 Å². The molecule has 138 valence electrons. The van der Waals surface area contributed by atoms with E-state index in [0.717, 1.165) is 36.8 Å². The molecule has 0 spiro atoms. The molecule has 0 amide bonds. The number of halogens is 2. The molecule has 1 nitrogen and oxygen atoms in total. The minimum absolute atomic E-state index is 0.831. The van der Waals surface area contributed by atoms with Crippen LogP contribution in [0.5, 0.6) is 0 Å². The van der Waals surface area contributed by atoms with Crippen molar-refractivity contribution >= 4 is 31.9 Å². The number of hydrogen-bond acceptors (Lipinski definition) is 1. The Bertz CT molecular complexity index is 1040. The maximum absolute atomic E-state index is 12.2. The normalized spacial score (nSPS) is 11.4. The van der Waals surface area contributed by atoms with E-state index >= 15 is 0 Å². The molecule has 28 heavy (non-hydrogen) atoms. The van der Waals surface area contributed by atoms with Crippen molar-refractivity contribution in [1.29, 1.82) is 0 Å². The van der Waals surface area contributed by atoms with Gasteiger partial charge in [-0.25, -0.2) is 0 Å². The Kier molecular flexibility index (Phi) is 5.49. The van der Waals surface area contributed by atoms with Gasteiger partial charge in [0.1, 0.15) is 5.60 Å². The molecular formula is C25H18Br2O. The first-order valence-corrected chi connectivity index (χ1v) is 10.6. The number of benzene rings is 4. The smallest absolute Gasteiger partial charge is 0.141 e. The molecular weight excluding hydrogens is 476 g/mol. The van der Waals surface area contributed by atoms with Crippen LogP contribution in [0.1, 0.15) is 16.7 Å². The molecule has 0 saturated carbocycles. The lowest BCUT2D eigenvalue weighted by Crippen LogP contribution is -2.29. The molecule has 0 saturated heterocycles. The molecule has 0 fully saturated rings. The van der Waals surface area contributed by atoms with Gasteiger partial charge in [0.15, 0.2) is 0 Å². The zero-order chi connectivity index (χ0) is 19.6. The highest BCUT2D eigenvalue weighted by atomic mass is 79.9. The molecule has 3 heteroatoms. The summed E-state index contributed by atoms with van der Waals surface area (Å²) in [4.78, 5) is 0. The fourth-order valence-electron chi connectivity index (χ4n) is 3.53. The van der Waals surface area contributed by atoms with Crippen molar-refractivity contribution in [3.05, 3.63) is 129 Å². The molecule has 0 bridgehead atoms. The van der Waals surface area contributed by atoms with Gasteiger partial charge >= 0.3 is 0 Å². The van der Waals surface area contributed by atoms with Crippen molar-refractivity contribution in [3.8, 4) is 11.1 Å². The molecule has 0 aliphatic heterocycles. The van der Waals surface area contributed by atoms with Crippen molar-refractivity contribution in [3.63, 3.8) is 0 Å². The van der Waals surface area contributed by atoms with Gasteiger partial charge in [-0.15, -0.1) is 0 Å². The fourth-order valence-corrected chi connectivity index (χ4v) is 4.16. The second-order valence-electron chi connectivity index (χ2n) is 6.64. The largest absolute Gasteiger partial charge is 0.376 e. The lowest BCUT2D eigenvalue weighted by Gasteiger charge is -2.32. The second-order valence-corrected chi connectivity index (χ2v) is 8.47. The van der Waals surface area contributed by atoms with E-state index in [1.165, 1.54) is 0 Å². The van der Waals surface area contributed by atoms with Gasteiger partial charge in [0.25, 0.3) is 0 Å². The summed E-state index contributed by atoms with van der Waals surface area (Å²) in [6, 6.07) is 33.9. The van der Waals surface area contributed by atoms with Crippen LogP contribution in [0.15, 0.2) is 112 Å². The summed E-state index contributed by atoms with van der Waals surface area (Å²) in [5, 5.41) is 12.2. The Morgan fingerprint density at radius 3 is 1.61 bits per heavy atom. The average Bonchev–Trinajstić information content (AvgIpc) is 2.75.